The summed E-state index contributed by atoms with van der Waals surface area (Å²) in [4.78, 5) is 35.2. The fourth-order valence-corrected chi connectivity index (χ4v) is 5.27. The highest BCUT2D eigenvalue weighted by atomic mass is 16.2. The quantitative estimate of drug-likeness (QED) is 0.286. The lowest BCUT2D eigenvalue weighted by Crippen LogP contribution is -2.49. The van der Waals surface area contributed by atoms with E-state index in [9.17, 15) is 9.59 Å². The number of carbonyl (C=O) groups is 2. The Bertz CT molecular complexity index is 1460. The standard InChI is InChI=1S/C27H31N7O2/c1-15-16(2)30-31-25(15)24(35)11-18-10-20-12-23(29-26(20)28-13-18)22-14-34(32-17(22)3)21-6-8-33(9-7-21)27(36)19-4-5-19/h10,12-14,19,21H,4-9,11H2,1-3H3,(H2,28,29,30,31,35)/p+1. The number of rotatable bonds is 6. The molecular weight excluding hydrogens is 454 g/mol. The van der Waals surface area contributed by atoms with E-state index < -0.39 is 0 Å². The van der Waals surface area contributed by atoms with Crippen molar-refractivity contribution >= 4 is 22.7 Å². The zero-order valence-corrected chi connectivity index (χ0v) is 21.0. The van der Waals surface area contributed by atoms with Crippen molar-refractivity contribution in [1.82, 2.24) is 30.2 Å². The molecule has 4 aromatic rings. The van der Waals surface area contributed by atoms with Crippen molar-refractivity contribution in [2.24, 2.45) is 5.92 Å². The molecule has 5 heterocycles. The van der Waals surface area contributed by atoms with E-state index in [1.165, 1.54) is 0 Å². The van der Waals surface area contributed by atoms with Gasteiger partial charge in [0, 0.05) is 61.1 Å². The van der Waals surface area contributed by atoms with Gasteiger partial charge >= 0.3 is 0 Å². The molecule has 9 nitrogen and oxygen atoms in total. The maximum atomic E-state index is 12.8. The third-order valence-corrected chi connectivity index (χ3v) is 7.76. The van der Waals surface area contributed by atoms with Gasteiger partial charge in [0.05, 0.1) is 17.0 Å². The van der Waals surface area contributed by atoms with Crippen LogP contribution in [0.3, 0.4) is 0 Å². The molecule has 0 spiro atoms. The van der Waals surface area contributed by atoms with E-state index in [1.54, 1.807) is 6.20 Å². The average Bonchev–Trinajstić information content (AvgIpc) is 3.40. The van der Waals surface area contributed by atoms with Crippen molar-refractivity contribution in [3.8, 4) is 11.3 Å². The zero-order valence-electron chi connectivity index (χ0n) is 21.0. The fraction of sp³-hybridized carbons (Fsp3) is 0.444. The summed E-state index contributed by atoms with van der Waals surface area (Å²) in [6, 6.07) is 4.48. The number of piperidine rings is 1. The van der Waals surface area contributed by atoms with E-state index in [2.05, 4.69) is 49.1 Å². The largest absolute Gasteiger partial charge is 0.342 e. The first-order valence-electron chi connectivity index (χ1n) is 12.8. The molecule has 0 atom stereocenters. The predicted molar refractivity (Wildman–Crippen MR) is 134 cm³/mol. The Hall–Kier alpha value is -3.75. The molecule has 186 valence electrons. The minimum absolute atomic E-state index is 0.0128. The van der Waals surface area contributed by atoms with Crippen LogP contribution in [0, 0.1) is 26.7 Å². The number of nitrogens with zero attached hydrogens (tertiary/aromatic N) is 4. The summed E-state index contributed by atoms with van der Waals surface area (Å²) < 4.78 is 2.20. The summed E-state index contributed by atoms with van der Waals surface area (Å²) in [5.41, 5.74) is 7.15. The first-order chi connectivity index (χ1) is 17.4. The first kappa shape index (κ1) is 22.7. The number of Topliss-reactive ketones (excluding diaryl/α,β-unsaturated/α-hetero) is 1. The molecule has 0 unspecified atom stereocenters. The van der Waals surface area contributed by atoms with Gasteiger partial charge in [0.1, 0.15) is 11.3 Å². The summed E-state index contributed by atoms with van der Waals surface area (Å²) in [7, 11) is 0. The monoisotopic (exact) mass is 486 g/mol. The second-order valence-corrected chi connectivity index (χ2v) is 10.4. The van der Waals surface area contributed by atoms with Crippen LogP contribution in [-0.2, 0) is 11.2 Å². The van der Waals surface area contributed by atoms with Crippen LogP contribution in [0.1, 0.15) is 64.7 Å². The van der Waals surface area contributed by atoms with Gasteiger partial charge in [-0.25, -0.2) is 4.98 Å². The average molecular weight is 487 g/mol. The second kappa shape index (κ2) is 8.72. The van der Waals surface area contributed by atoms with E-state index >= 15 is 0 Å². The van der Waals surface area contributed by atoms with E-state index in [0.29, 0.717) is 23.6 Å². The van der Waals surface area contributed by atoms with Crippen molar-refractivity contribution in [2.75, 3.05) is 13.1 Å². The van der Waals surface area contributed by atoms with Gasteiger partial charge in [0.2, 0.25) is 12.1 Å². The molecule has 1 saturated heterocycles. The van der Waals surface area contributed by atoms with Crippen LogP contribution in [0.25, 0.3) is 22.3 Å². The van der Waals surface area contributed by atoms with Crippen LogP contribution >= 0.6 is 0 Å². The number of hydrogen-bond donors (Lipinski definition) is 3. The number of likely N-dealkylation sites (tertiary alicyclic amines) is 1. The number of ketones is 1. The summed E-state index contributed by atoms with van der Waals surface area (Å²) in [6.07, 6.45) is 8.24. The molecule has 0 bridgehead atoms. The van der Waals surface area contributed by atoms with Gasteiger partial charge in [-0.15, -0.1) is 4.68 Å². The highest BCUT2D eigenvalue weighted by Crippen LogP contribution is 2.33. The van der Waals surface area contributed by atoms with Gasteiger partial charge in [-0.3, -0.25) is 14.7 Å². The van der Waals surface area contributed by atoms with Gasteiger partial charge in [-0.1, -0.05) is 0 Å². The Kier molecular flexibility index (Phi) is 5.50. The number of hydrogen-bond acceptors (Lipinski definition) is 4. The Morgan fingerprint density at radius 1 is 1.08 bits per heavy atom. The Morgan fingerprint density at radius 2 is 1.86 bits per heavy atom. The SMILES string of the molecule is Cc1[nH][n+](C2CCN(C(=O)C3CC3)CC2)cc1-c1cc2cc(CC(=O)c3n[nH]c(C)c3C)cnc2[nH]1. The zero-order chi connectivity index (χ0) is 25.0. The molecule has 2 aliphatic rings. The maximum Gasteiger partial charge on any atom is 0.225 e. The number of aryl methyl sites for hydroxylation is 2. The number of H-pyrrole nitrogens is 3. The predicted octanol–water partition coefficient (Wildman–Crippen LogP) is 3.49. The number of carbonyl (C=O) groups excluding carboxylic acids is 2. The molecule has 4 aromatic heterocycles. The molecular formula is C27H32N7O2+. The lowest BCUT2D eigenvalue weighted by atomic mass is 10.0. The number of fused-ring (bicyclic) bond motifs is 1. The van der Waals surface area contributed by atoms with Crippen LogP contribution in [-0.4, -0.2) is 54.9 Å². The molecule has 6 rings (SSSR count). The van der Waals surface area contributed by atoms with E-state index in [0.717, 1.165) is 83.6 Å². The Morgan fingerprint density at radius 3 is 2.56 bits per heavy atom. The summed E-state index contributed by atoms with van der Waals surface area (Å²) in [5.74, 6) is 0.630. The van der Waals surface area contributed by atoms with Gasteiger partial charge in [0.15, 0.2) is 11.8 Å². The fourth-order valence-electron chi connectivity index (χ4n) is 5.27. The molecule has 1 amide bonds. The molecule has 2 fully saturated rings. The van der Waals surface area contributed by atoms with Crippen LogP contribution in [0.4, 0.5) is 0 Å². The first-order valence-corrected chi connectivity index (χ1v) is 12.8. The number of pyridine rings is 1. The molecule has 0 radical (unpaired) electrons. The molecule has 1 aliphatic heterocycles. The molecule has 36 heavy (non-hydrogen) atoms. The van der Waals surface area contributed by atoms with Crippen molar-refractivity contribution < 1.29 is 14.3 Å². The lowest BCUT2D eigenvalue weighted by Gasteiger charge is -2.28. The van der Waals surface area contributed by atoms with Crippen molar-refractivity contribution in [2.45, 2.75) is 58.9 Å². The summed E-state index contributed by atoms with van der Waals surface area (Å²) in [5, 5.41) is 11.5. The van der Waals surface area contributed by atoms with Crippen LogP contribution < -0.4 is 4.68 Å². The van der Waals surface area contributed by atoms with Gasteiger partial charge < -0.3 is 9.88 Å². The minimum atomic E-state index is -0.0128. The third-order valence-electron chi connectivity index (χ3n) is 7.76. The second-order valence-electron chi connectivity index (χ2n) is 10.4. The highest BCUT2D eigenvalue weighted by Gasteiger charge is 2.37. The molecule has 1 saturated carbocycles. The van der Waals surface area contributed by atoms with Crippen molar-refractivity contribution in [3.63, 3.8) is 0 Å². The molecule has 9 heteroatoms. The Balaban J connectivity index is 1.18. The maximum absolute atomic E-state index is 12.8. The van der Waals surface area contributed by atoms with Crippen LogP contribution in [0.15, 0.2) is 24.5 Å². The minimum Gasteiger partial charge on any atom is -0.342 e. The van der Waals surface area contributed by atoms with Crippen molar-refractivity contribution in [3.05, 3.63) is 52.7 Å². The summed E-state index contributed by atoms with van der Waals surface area (Å²) >= 11 is 0. The van der Waals surface area contributed by atoms with E-state index in [1.807, 2.05) is 24.8 Å². The number of nitrogens with one attached hydrogen (secondary N) is 3. The number of aromatic amines is 3. The molecule has 3 N–H and O–H groups in total. The van der Waals surface area contributed by atoms with E-state index in [-0.39, 0.29) is 12.2 Å². The molecule has 0 aromatic carbocycles. The third kappa shape index (κ3) is 4.12. The van der Waals surface area contributed by atoms with Crippen LogP contribution in [0.2, 0.25) is 0 Å². The smallest absolute Gasteiger partial charge is 0.225 e. The van der Waals surface area contributed by atoms with Crippen LogP contribution in [0.5, 0.6) is 0 Å². The number of amides is 1. The highest BCUT2D eigenvalue weighted by molar-refractivity contribution is 5.97. The lowest BCUT2D eigenvalue weighted by molar-refractivity contribution is -0.776. The summed E-state index contributed by atoms with van der Waals surface area (Å²) in [6.45, 7) is 7.56. The molecule has 1 aliphatic carbocycles. The van der Waals surface area contributed by atoms with Gasteiger partial charge in [-0.05, 0) is 51.3 Å². The van der Waals surface area contributed by atoms with Crippen molar-refractivity contribution in [1.29, 1.82) is 0 Å². The van der Waals surface area contributed by atoms with E-state index in [4.69, 9.17) is 0 Å². The van der Waals surface area contributed by atoms with Gasteiger partial charge in [0.25, 0.3) is 0 Å². The Labute approximate surface area is 209 Å². The normalized spacial score (nSPS) is 16.7. The topological polar surface area (TPSA) is 114 Å². The van der Waals surface area contributed by atoms with Gasteiger partial charge in [-0.2, -0.15) is 10.2 Å². The number of aromatic nitrogens is 6.